The number of carbonyl (C=O) groups is 1. The van der Waals surface area contributed by atoms with E-state index in [0.29, 0.717) is 5.02 Å². The van der Waals surface area contributed by atoms with E-state index in [1.165, 1.54) is 0 Å². The fourth-order valence-corrected chi connectivity index (χ4v) is 1.90. The lowest BCUT2D eigenvalue weighted by Gasteiger charge is -2.09. The molecule has 0 N–H and O–H groups in total. The number of fused-ring (bicyclic) bond motifs is 1. The Balaban J connectivity index is 2.60. The summed E-state index contributed by atoms with van der Waals surface area (Å²) in [5.74, 6) is 0.0796. The van der Waals surface area contributed by atoms with Crippen molar-refractivity contribution in [2.45, 2.75) is 12.8 Å². The van der Waals surface area contributed by atoms with Crippen LogP contribution in [-0.2, 0) is 4.79 Å². The summed E-state index contributed by atoms with van der Waals surface area (Å²) in [6.07, 6.45) is 0. The zero-order chi connectivity index (χ0) is 9.59. The van der Waals surface area contributed by atoms with E-state index < -0.39 is 0 Å². The lowest BCUT2D eigenvalue weighted by atomic mass is 10.0. The van der Waals surface area contributed by atoms with Gasteiger partial charge in [0.25, 0.3) is 0 Å². The van der Waals surface area contributed by atoms with Gasteiger partial charge in [-0.05, 0) is 30.7 Å². The molecule has 0 fully saturated rings. The molecular formula is C10H10ClNO. The van der Waals surface area contributed by atoms with Crippen molar-refractivity contribution in [1.29, 1.82) is 0 Å². The molecule has 0 aliphatic carbocycles. The van der Waals surface area contributed by atoms with Gasteiger partial charge in [0.15, 0.2) is 0 Å². The van der Waals surface area contributed by atoms with Crippen LogP contribution in [0.3, 0.4) is 0 Å². The van der Waals surface area contributed by atoms with E-state index in [-0.39, 0.29) is 11.8 Å². The smallest absolute Gasteiger partial charge is 0.234 e. The molecule has 0 unspecified atom stereocenters. The van der Waals surface area contributed by atoms with Crippen LogP contribution in [0, 0.1) is 0 Å². The Morgan fingerprint density at radius 3 is 2.85 bits per heavy atom. The van der Waals surface area contributed by atoms with Gasteiger partial charge in [-0.1, -0.05) is 11.6 Å². The van der Waals surface area contributed by atoms with Gasteiger partial charge >= 0.3 is 0 Å². The van der Waals surface area contributed by atoms with Gasteiger partial charge in [0.2, 0.25) is 5.91 Å². The van der Waals surface area contributed by atoms with Gasteiger partial charge in [0.05, 0.1) is 5.92 Å². The first-order valence-electron chi connectivity index (χ1n) is 4.18. The van der Waals surface area contributed by atoms with Crippen molar-refractivity contribution >= 4 is 23.2 Å². The molecule has 1 atom stereocenters. The Bertz CT molecular complexity index is 375. The van der Waals surface area contributed by atoms with Gasteiger partial charge < -0.3 is 4.90 Å². The standard InChI is InChI=1S/C10H10ClNO/c1-6-8-5-7(11)3-4-9(8)12(2)10(6)13/h3-6H,1-2H3/t6-/m0/s1. The lowest BCUT2D eigenvalue weighted by Crippen LogP contribution is -2.22. The topological polar surface area (TPSA) is 20.3 Å². The third kappa shape index (κ3) is 1.13. The first kappa shape index (κ1) is 8.57. The summed E-state index contributed by atoms with van der Waals surface area (Å²) in [5.41, 5.74) is 2.00. The highest BCUT2D eigenvalue weighted by Crippen LogP contribution is 2.37. The van der Waals surface area contributed by atoms with Gasteiger partial charge in [0.1, 0.15) is 0 Å². The molecule has 1 aromatic rings. The van der Waals surface area contributed by atoms with E-state index in [1.54, 1.807) is 11.9 Å². The maximum atomic E-state index is 11.6. The van der Waals surface area contributed by atoms with Gasteiger partial charge in [-0.3, -0.25) is 4.79 Å². The van der Waals surface area contributed by atoms with Crippen LogP contribution in [0.1, 0.15) is 18.4 Å². The second kappa shape index (κ2) is 2.74. The largest absolute Gasteiger partial charge is 0.315 e. The highest BCUT2D eigenvalue weighted by molar-refractivity contribution is 6.31. The Morgan fingerprint density at radius 1 is 1.46 bits per heavy atom. The molecule has 2 nitrogen and oxygen atoms in total. The minimum atomic E-state index is -0.0568. The summed E-state index contributed by atoms with van der Waals surface area (Å²) >= 11 is 5.85. The van der Waals surface area contributed by atoms with Crippen LogP contribution < -0.4 is 4.90 Å². The van der Waals surface area contributed by atoms with Crippen LogP contribution in [0.5, 0.6) is 0 Å². The van der Waals surface area contributed by atoms with Crippen LogP contribution in [0.15, 0.2) is 18.2 Å². The van der Waals surface area contributed by atoms with Crippen LogP contribution in [0.4, 0.5) is 5.69 Å². The molecule has 13 heavy (non-hydrogen) atoms. The predicted molar refractivity (Wildman–Crippen MR) is 53.3 cm³/mol. The van der Waals surface area contributed by atoms with Crippen molar-refractivity contribution in [3.8, 4) is 0 Å². The molecule has 1 amide bonds. The van der Waals surface area contributed by atoms with Crippen molar-refractivity contribution in [2.24, 2.45) is 0 Å². The van der Waals surface area contributed by atoms with Crippen molar-refractivity contribution in [3.63, 3.8) is 0 Å². The van der Waals surface area contributed by atoms with Gasteiger partial charge in [-0.2, -0.15) is 0 Å². The van der Waals surface area contributed by atoms with Crippen LogP contribution in [0.25, 0.3) is 0 Å². The molecule has 0 aromatic heterocycles. The SMILES string of the molecule is C[C@@H]1C(=O)N(C)c2ccc(Cl)cc21. The molecule has 3 heteroatoms. The number of hydrogen-bond acceptors (Lipinski definition) is 1. The van der Waals surface area contributed by atoms with E-state index in [9.17, 15) is 4.79 Å². The summed E-state index contributed by atoms with van der Waals surface area (Å²) in [7, 11) is 1.79. The molecule has 0 bridgehead atoms. The van der Waals surface area contributed by atoms with E-state index in [2.05, 4.69) is 0 Å². The molecular weight excluding hydrogens is 186 g/mol. The van der Waals surface area contributed by atoms with Crippen LogP contribution in [-0.4, -0.2) is 13.0 Å². The number of benzene rings is 1. The maximum absolute atomic E-state index is 11.6. The molecule has 0 saturated carbocycles. The minimum absolute atomic E-state index is 0.0568. The Hall–Kier alpha value is -1.02. The predicted octanol–water partition coefficient (Wildman–Crippen LogP) is 2.42. The normalized spacial score (nSPS) is 20.7. The zero-order valence-corrected chi connectivity index (χ0v) is 8.30. The van der Waals surface area contributed by atoms with E-state index in [0.717, 1.165) is 11.3 Å². The Kier molecular flexibility index (Phi) is 1.81. The third-order valence-corrected chi connectivity index (χ3v) is 2.75. The molecule has 1 aliphatic heterocycles. The zero-order valence-electron chi connectivity index (χ0n) is 7.54. The van der Waals surface area contributed by atoms with Gasteiger partial charge in [0, 0.05) is 17.8 Å². The fourth-order valence-electron chi connectivity index (χ4n) is 1.72. The lowest BCUT2D eigenvalue weighted by molar-refractivity contribution is -0.118. The average molecular weight is 196 g/mol. The molecule has 0 spiro atoms. The van der Waals surface area contributed by atoms with E-state index >= 15 is 0 Å². The monoisotopic (exact) mass is 195 g/mol. The molecule has 68 valence electrons. The number of nitrogens with zero attached hydrogens (tertiary/aromatic N) is 1. The van der Waals surface area contributed by atoms with Crippen LogP contribution in [0.2, 0.25) is 5.02 Å². The average Bonchev–Trinajstić information content (AvgIpc) is 2.32. The number of carbonyl (C=O) groups excluding carboxylic acids is 1. The number of likely N-dealkylation sites (N-methyl/N-ethyl adjacent to an activating group) is 1. The summed E-state index contributed by atoms with van der Waals surface area (Å²) < 4.78 is 0. The second-order valence-corrected chi connectivity index (χ2v) is 3.76. The summed E-state index contributed by atoms with van der Waals surface area (Å²) in [6, 6.07) is 5.56. The highest BCUT2D eigenvalue weighted by Gasteiger charge is 2.31. The van der Waals surface area contributed by atoms with Crippen molar-refractivity contribution in [3.05, 3.63) is 28.8 Å². The minimum Gasteiger partial charge on any atom is -0.315 e. The van der Waals surface area contributed by atoms with Crippen molar-refractivity contribution in [1.82, 2.24) is 0 Å². The molecule has 1 aromatic carbocycles. The molecule has 0 radical (unpaired) electrons. The van der Waals surface area contributed by atoms with Gasteiger partial charge in [-0.25, -0.2) is 0 Å². The van der Waals surface area contributed by atoms with Crippen molar-refractivity contribution < 1.29 is 4.79 Å². The number of anilines is 1. The van der Waals surface area contributed by atoms with E-state index in [4.69, 9.17) is 11.6 Å². The van der Waals surface area contributed by atoms with Crippen LogP contribution >= 0.6 is 11.6 Å². The summed E-state index contributed by atoms with van der Waals surface area (Å²) in [5, 5.41) is 0.689. The molecule has 1 heterocycles. The Labute approximate surface area is 82.1 Å². The highest BCUT2D eigenvalue weighted by atomic mass is 35.5. The van der Waals surface area contributed by atoms with Crippen molar-refractivity contribution in [2.75, 3.05) is 11.9 Å². The second-order valence-electron chi connectivity index (χ2n) is 3.32. The number of amides is 1. The molecule has 0 saturated heterocycles. The molecule has 2 rings (SSSR count). The number of halogens is 1. The number of hydrogen-bond donors (Lipinski definition) is 0. The summed E-state index contributed by atoms with van der Waals surface area (Å²) in [4.78, 5) is 13.2. The third-order valence-electron chi connectivity index (χ3n) is 2.52. The quantitative estimate of drug-likeness (QED) is 0.623. The fraction of sp³-hybridized carbons (Fsp3) is 0.300. The Morgan fingerprint density at radius 2 is 2.15 bits per heavy atom. The van der Waals surface area contributed by atoms with E-state index in [1.807, 2.05) is 25.1 Å². The maximum Gasteiger partial charge on any atom is 0.234 e. The first-order valence-corrected chi connectivity index (χ1v) is 4.56. The number of rotatable bonds is 0. The van der Waals surface area contributed by atoms with Gasteiger partial charge in [-0.15, -0.1) is 0 Å². The first-order chi connectivity index (χ1) is 6.11. The molecule has 1 aliphatic rings. The summed E-state index contributed by atoms with van der Waals surface area (Å²) in [6.45, 7) is 1.90.